The predicted molar refractivity (Wildman–Crippen MR) is 105 cm³/mol. The predicted octanol–water partition coefficient (Wildman–Crippen LogP) is 4.67. The van der Waals surface area contributed by atoms with Crippen molar-refractivity contribution in [3.8, 4) is 0 Å². The lowest BCUT2D eigenvalue weighted by Crippen LogP contribution is -2.15. The Kier molecular flexibility index (Phi) is 4.79. The van der Waals surface area contributed by atoms with Gasteiger partial charge in [0.2, 0.25) is 5.91 Å². The van der Waals surface area contributed by atoms with E-state index in [0.717, 1.165) is 22.5 Å². The average molecular weight is 335 g/mol. The van der Waals surface area contributed by atoms with Gasteiger partial charge in [-0.3, -0.25) is 4.79 Å². The van der Waals surface area contributed by atoms with Crippen LogP contribution in [-0.2, 0) is 4.79 Å². The first-order valence-electron chi connectivity index (χ1n) is 8.59. The van der Waals surface area contributed by atoms with Crippen LogP contribution >= 0.6 is 0 Å². The molecule has 4 heteroatoms. The lowest BCUT2D eigenvalue weighted by atomic mass is 9.97. The third-order valence-electron chi connectivity index (χ3n) is 4.64. The summed E-state index contributed by atoms with van der Waals surface area (Å²) in [6, 6.07) is 14.3. The van der Waals surface area contributed by atoms with E-state index in [1.165, 1.54) is 10.9 Å². The van der Waals surface area contributed by atoms with Gasteiger partial charge in [0.15, 0.2) is 0 Å². The largest absolute Gasteiger partial charge is 0.378 e. The molecular weight excluding hydrogens is 310 g/mol. The van der Waals surface area contributed by atoms with Crippen LogP contribution in [0.5, 0.6) is 0 Å². The number of amides is 1. The number of aromatic nitrogens is 1. The number of fused-ring (bicyclic) bond motifs is 1. The molecule has 1 amide bonds. The number of carbonyl (C=O) groups excluding carboxylic acids is 1. The summed E-state index contributed by atoms with van der Waals surface area (Å²) in [6.07, 6.45) is 2.47. The van der Waals surface area contributed by atoms with Gasteiger partial charge in [-0.15, -0.1) is 0 Å². The maximum Gasteiger partial charge on any atom is 0.224 e. The van der Waals surface area contributed by atoms with Crippen LogP contribution in [0.15, 0.2) is 48.7 Å². The van der Waals surface area contributed by atoms with Crippen molar-refractivity contribution in [1.29, 1.82) is 0 Å². The van der Waals surface area contributed by atoms with Crippen LogP contribution in [0, 0.1) is 6.92 Å². The van der Waals surface area contributed by atoms with Crippen molar-refractivity contribution in [1.82, 2.24) is 4.98 Å². The number of hydrogen-bond acceptors (Lipinski definition) is 2. The van der Waals surface area contributed by atoms with Crippen LogP contribution < -0.4 is 10.2 Å². The van der Waals surface area contributed by atoms with Gasteiger partial charge in [-0.1, -0.05) is 25.1 Å². The van der Waals surface area contributed by atoms with E-state index in [1.807, 2.05) is 51.5 Å². The van der Waals surface area contributed by atoms with Crippen LogP contribution in [0.25, 0.3) is 10.9 Å². The minimum absolute atomic E-state index is 0.0403. The summed E-state index contributed by atoms with van der Waals surface area (Å²) >= 11 is 0. The van der Waals surface area contributed by atoms with Gasteiger partial charge in [-0.2, -0.15) is 0 Å². The Hall–Kier alpha value is -2.75. The molecule has 3 rings (SSSR count). The highest BCUT2D eigenvalue weighted by atomic mass is 16.1. The average Bonchev–Trinajstić information content (AvgIpc) is 3.00. The summed E-state index contributed by atoms with van der Waals surface area (Å²) in [4.78, 5) is 17.8. The highest BCUT2D eigenvalue weighted by molar-refractivity contribution is 5.93. The number of benzene rings is 2. The Morgan fingerprint density at radius 3 is 2.68 bits per heavy atom. The summed E-state index contributed by atoms with van der Waals surface area (Å²) in [5.41, 5.74) is 5.37. The molecule has 0 unspecified atom stereocenters. The van der Waals surface area contributed by atoms with E-state index in [1.54, 1.807) is 0 Å². The quantitative estimate of drug-likeness (QED) is 0.711. The molecule has 2 aromatic carbocycles. The number of aryl methyl sites for hydroxylation is 1. The van der Waals surface area contributed by atoms with Crippen molar-refractivity contribution in [2.45, 2.75) is 26.2 Å². The van der Waals surface area contributed by atoms with Crippen LogP contribution in [0.1, 0.15) is 30.4 Å². The standard InChI is InChI=1S/C21H25N3O/c1-14(18-13-22-20-8-6-5-7-17(18)20)12-21(25)23-19-10-9-16(24(3)4)11-15(19)2/h5-11,13-14,22H,12H2,1-4H3,(H,23,25)/t14-/m1/s1. The van der Waals surface area contributed by atoms with Crippen LogP contribution in [0.3, 0.4) is 0 Å². The number of aromatic amines is 1. The molecule has 0 fully saturated rings. The van der Waals surface area contributed by atoms with E-state index >= 15 is 0 Å². The van der Waals surface area contributed by atoms with Gasteiger partial charge in [0.1, 0.15) is 0 Å². The smallest absolute Gasteiger partial charge is 0.224 e. The van der Waals surface area contributed by atoms with Gasteiger partial charge in [-0.05, 0) is 48.2 Å². The SMILES string of the molecule is Cc1cc(N(C)C)ccc1NC(=O)C[C@@H](C)c1c[nH]c2ccccc12. The number of nitrogens with zero attached hydrogens (tertiary/aromatic N) is 1. The molecule has 1 heterocycles. The molecule has 2 N–H and O–H groups in total. The number of H-pyrrole nitrogens is 1. The van der Waals surface area contributed by atoms with Gasteiger partial charge in [-0.25, -0.2) is 0 Å². The second-order valence-electron chi connectivity index (χ2n) is 6.84. The van der Waals surface area contributed by atoms with E-state index in [0.29, 0.717) is 6.42 Å². The molecular formula is C21H25N3O. The summed E-state index contributed by atoms with van der Waals surface area (Å²) < 4.78 is 0. The summed E-state index contributed by atoms with van der Waals surface area (Å²) in [5, 5.41) is 4.24. The van der Waals surface area contributed by atoms with E-state index in [4.69, 9.17) is 0 Å². The normalized spacial score (nSPS) is 12.2. The Morgan fingerprint density at radius 2 is 1.96 bits per heavy atom. The van der Waals surface area contributed by atoms with Crippen LogP contribution in [-0.4, -0.2) is 25.0 Å². The zero-order valence-electron chi connectivity index (χ0n) is 15.3. The Labute approximate surface area is 148 Å². The van der Waals surface area contributed by atoms with Gasteiger partial charge in [0.05, 0.1) is 0 Å². The molecule has 1 aromatic heterocycles. The van der Waals surface area contributed by atoms with E-state index in [-0.39, 0.29) is 11.8 Å². The molecule has 0 aliphatic rings. The van der Waals surface area contributed by atoms with E-state index in [2.05, 4.69) is 40.3 Å². The van der Waals surface area contributed by atoms with Gasteiger partial charge in [0, 0.05) is 49.0 Å². The lowest BCUT2D eigenvalue weighted by Gasteiger charge is -2.16. The molecule has 0 saturated heterocycles. The summed E-state index contributed by atoms with van der Waals surface area (Å²) in [5.74, 6) is 0.191. The topological polar surface area (TPSA) is 48.1 Å². The molecule has 0 spiro atoms. The number of carbonyl (C=O) groups is 1. The molecule has 0 saturated carbocycles. The minimum Gasteiger partial charge on any atom is -0.378 e. The molecule has 0 radical (unpaired) electrons. The zero-order valence-corrected chi connectivity index (χ0v) is 15.3. The highest BCUT2D eigenvalue weighted by Gasteiger charge is 2.15. The Bertz CT molecular complexity index is 895. The van der Waals surface area contributed by atoms with Crippen molar-refractivity contribution in [2.24, 2.45) is 0 Å². The fourth-order valence-electron chi connectivity index (χ4n) is 3.16. The number of rotatable bonds is 5. The van der Waals surface area contributed by atoms with Crippen LogP contribution in [0.4, 0.5) is 11.4 Å². The Balaban J connectivity index is 1.70. The van der Waals surface area contributed by atoms with Gasteiger partial charge < -0.3 is 15.2 Å². The highest BCUT2D eigenvalue weighted by Crippen LogP contribution is 2.28. The van der Waals surface area contributed by atoms with Crippen LogP contribution in [0.2, 0.25) is 0 Å². The van der Waals surface area contributed by atoms with Crippen molar-refractivity contribution in [2.75, 3.05) is 24.3 Å². The van der Waals surface area contributed by atoms with Crippen molar-refractivity contribution >= 4 is 28.2 Å². The number of para-hydroxylation sites is 1. The first-order valence-corrected chi connectivity index (χ1v) is 8.59. The van der Waals surface area contributed by atoms with E-state index in [9.17, 15) is 4.79 Å². The number of anilines is 2. The molecule has 1 atom stereocenters. The van der Waals surface area contributed by atoms with Crippen molar-refractivity contribution in [3.63, 3.8) is 0 Å². The summed E-state index contributed by atoms with van der Waals surface area (Å²) in [7, 11) is 4.02. The molecule has 25 heavy (non-hydrogen) atoms. The number of hydrogen-bond donors (Lipinski definition) is 2. The first kappa shape index (κ1) is 17.1. The maximum atomic E-state index is 12.5. The molecule has 0 bridgehead atoms. The monoisotopic (exact) mass is 335 g/mol. The summed E-state index contributed by atoms with van der Waals surface area (Å²) in [6.45, 7) is 4.11. The fourth-order valence-corrected chi connectivity index (χ4v) is 3.16. The zero-order chi connectivity index (χ0) is 18.0. The second kappa shape index (κ2) is 7.01. The van der Waals surface area contributed by atoms with Gasteiger partial charge >= 0.3 is 0 Å². The van der Waals surface area contributed by atoms with Crippen molar-refractivity contribution < 1.29 is 4.79 Å². The number of nitrogens with one attached hydrogen (secondary N) is 2. The molecule has 0 aliphatic carbocycles. The lowest BCUT2D eigenvalue weighted by molar-refractivity contribution is -0.116. The first-order chi connectivity index (χ1) is 12.0. The molecule has 4 nitrogen and oxygen atoms in total. The molecule has 3 aromatic rings. The third-order valence-corrected chi connectivity index (χ3v) is 4.64. The maximum absolute atomic E-state index is 12.5. The van der Waals surface area contributed by atoms with Gasteiger partial charge in [0.25, 0.3) is 0 Å². The fraction of sp³-hybridized carbons (Fsp3) is 0.286. The second-order valence-corrected chi connectivity index (χ2v) is 6.84. The third kappa shape index (κ3) is 3.68. The Morgan fingerprint density at radius 1 is 1.20 bits per heavy atom. The van der Waals surface area contributed by atoms with E-state index < -0.39 is 0 Å². The minimum atomic E-state index is 0.0403. The molecule has 0 aliphatic heterocycles. The van der Waals surface area contributed by atoms with Crippen molar-refractivity contribution in [3.05, 3.63) is 59.8 Å². The molecule has 130 valence electrons.